The summed E-state index contributed by atoms with van der Waals surface area (Å²) in [5, 5.41) is 5.65. The van der Waals surface area contributed by atoms with Crippen LogP contribution in [0.3, 0.4) is 0 Å². The minimum Gasteiger partial charge on any atom is -0.379 e. The van der Waals surface area contributed by atoms with Crippen molar-refractivity contribution in [2.45, 2.75) is 31.2 Å². The molecular weight excluding hydrogens is 328 g/mol. The van der Waals surface area contributed by atoms with Crippen molar-refractivity contribution in [3.05, 3.63) is 16.6 Å². The highest BCUT2D eigenvalue weighted by Crippen LogP contribution is 2.35. The van der Waals surface area contributed by atoms with E-state index in [1.807, 2.05) is 0 Å². The fraction of sp³-hybridized carbons (Fsp3) is 0.688. The average Bonchev–Trinajstić information content (AvgIpc) is 3.31. The van der Waals surface area contributed by atoms with E-state index in [-0.39, 0.29) is 23.9 Å². The summed E-state index contributed by atoms with van der Waals surface area (Å²) in [6.07, 6.45) is 6.13. The summed E-state index contributed by atoms with van der Waals surface area (Å²) in [6.45, 7) is 4.02. The molecule has 7 nitrogen and oxygen atoms in total. The van der Waals surface area contributed by atoms with Gasteiger partial charge in [-0.2, -0.15) is 0 Å². The van der Waals surface area contributed by atoms with Crippen molar-refractivity contribution in [2.75, 3.05) is 39.4 Å². The second-order valence-electron chi connectivity index (χ2n) is 6.36. The number of hydrogen-bond acceptors (Lipinski definition) is 6. The van der Waals surface area contributed by atoms with Gasteiger partial charge in [0.25, 0.3) is 5.91 Å². The fourth-order valence-corrected chi connectivity index (χ4v) is 4.11. The van der Waals surface area contributed by atoms with Gasteiger partial charge < -0.3 is 15.4 Å². The Morgan fingerprint density at radius 3 is 2.67 bits per heavy atom. The average molecular weight is 352 g/mol. The molecule has 1 aliphatic carbocycles. The van der Waals surface area contributed by atoms with Crippen LogP contribution in [0.5, 0.6) is 0 Å². The number of rotatable bonds is 6. The van der Waals surface area contributed by atoms with Gasteiger partial charge in [-0.05, 0) is 12.8 Å². The molecule has 0 atom stereocenters. The Kier molecular flexibility index (Phi) is 5.80. The van der Waals surface area contributed by atoms with Crippen molar-refractivity contribution in [1.29, 1.82) is 0 Å². The van der Waals surface area contributed by atoms with Crippen LogP contribution < -0.4 is 10.6 Å². The zero-order chi connectivity index (χ0) is 16.8. The zero-order valence-electron chi connectivity index (χ0n) is 13.8. The van der Waals surface area contributed by atoms with Crippen LogP contribution in [0.4, 0.5) is 0 Å². The van der Waals surface area contributed by atoms with E-state index in [0.29, 0.717) is 11.4 Å². The number of carbonyl (C=O) groups excluding carboxylic acids is 2. The highest BCUT2D eigenvalue weighted by atomic mass is 32.1. The van der Waals surface area contributed by atoms with Crippen molar-refractivity contribution < 1.29 is 14.3 Å². The van der Waals surface area contributed by atoms with Crippen LogP contribution in [0, 0.1) is 0 Å². The molecule has 132 valence electrons. The molecular formula is C16H24N4O3S. The Morgan fingerprint density at radius 1 is 1.25 bits per heavy atom. The third-order valence-corrected chi connectivity index (χ3v) is 5.67. The lowest BCUT2D eigenvalue weighted by Gasteiger charge is -2.43. The summed E-state index contributed by atoms with van der Waals surface area (Å²) >= 11 is 1.26. The lowest BCUT2D eigenvalue weighted by atomic mass is 9.94. The topological polar surface area (TPSA) is 83.6 Å². The first kappa shape index (κ1) is 17.3. The van der Waals surface area contributed by atoms with Crippen LogP contribution in [0.25, 0.3) is 0 Å². The van der Waals surface area contributed by atoms with Crippen LogP contribution in [-0.4, -0.2) is 66.6 Å². The predicted octanol–water partition coefficient (Wildman–Crippen LogP) is 0.634. The molecule has 0 unspecified atom stereocenters. The fourth-order valence-electron chi connectivity index (χ4n) is 3.58. The molecule has 0 aromatic carbocycles. The molecule has 8 heteroatoms. The number of nitrogens with one attached hydrogen (secondary N) is 2. The molecule has 2 fully saturated rings. The minimum absolute atomic E-state index is 0.00404. The zero-order valence-corrected chi connectivity index (χ0v) is 14.6. The van der Waals surface area contributed by atoms with E-state index in [0.717, 1.165) is 39.1 Å². The maximum absolute atomic E-state index is 12.1. The maximum atomic E-state index is 12.1. The van der Waals surface area contributed by atoms with E-state index in [1.165, 1.54) is 30.4 Å². The Bertz CT molecular complexity index is 552. The molecule has 1 saturated heterocycles. The highest BCUT2D eigenvalue weighted by Gasteiger charge is 2.40. The van der Waals surface area contributed by atoms with Gasteiger partial charge in [-0.25, -0.2) is 0 Å². The van der Waals surface area contributed by atoms with Crippen LogP contribution in [-0.2, 0) is 9.53 Å². The molecule has 2 aliphatic rings. The Labute approximate surface area is 145 Å². The van der Waals surface area contributed by atoms with E-state index < -0.39 is 0 Å². The molecule has 2 N–H and O–H groups in total. The van der Waals surface area contributed by atoms with Crippen molar-refractivity contribution in [3.8, 4) is 0 Å². The van der Waals surface area contributed by atoms with E-state index in [9.17, 15) is 9.59 Å². The minimum atomic E-state index is -0.253. The van der Waals surface area contributed by atoms with Gasteiger partial charge in [0.1, 0.15) is 4.88 Å². The van der Waals surface area contributed by atoms with Crippen molar-refractivity contribution in [1.82, 2.24) is 20.5 Å². The summed E-state index contributed by atoms with van der Waals surface area (Å²) in [5.41, 5.74) is 1.66. The van der Waals surface area contributed by atoms with Crippen LogP contribution >= 0.6 is 11.3 Å². The number of ether oxygens (including phenoxy) is 1. The quantitative estimate of drug-likeness (QED) is 0.785. The number of aromatic nitrogens is 1. The molecule has 1 aliphatic heterocycles. The second kappa shape index (κ2) is 8.04. The Hall–Kier alpha value is -1.51. The SMILES string of the molecule is O=C(CNC(=O)c1cncs1)NCC1(N2CCOCC2)CCCC1. The number of carbonyl (C=O) groups is 2. The van der Waals surface area contributed by atoms with E-state index in [2.05, 4.69) is 20.5 Å². The molecule has 0 bridgehead atoms. The molecule has 0 spiro atoms. The van der Waals surface area contributed by atoms with Crippen molar-refractivity contribution in [3.63, 3.8) is 0 Å². The molecule has 3 rings (SSSR count). The largest absolute Gasteiger partial charge is 0.379 e. The van der Waals surface area contributed by atoms with Crippen LogP contribution in [0.15, 0.2) is 11.7 Å². The summed E-state index contributed by atoms with van der Waals surface area (Å²) in [4.78, 5) is 30.8. The third kappa shape index (κ3) is 4.12. The molecule has 1 aromatic heterocycles. The van der Waals surface area contributed by atoms with Gasteiger partial charge in [-0.3, -0.25) is 19.5 Å². The van der Waals surface area contributed by atoms with Crippen LogP contribution in [0.2, 0.25) is 0 Å². The van der Waals surface area contributed by atoms with E-state index in [1.54, 1.807) is 5.51 Å². The highest BCUT2D eigenvalue weighted by molar-refractivity contribution is 7.11. The molecule has 24 heavy (non-hydrogen) atoms. The standard InChI is InChI=1S/C16H24N4O3S/c21-14(10-18-15(22)13-9-17-12-24-13)19-11-16(3-1-2-4-16)20-5-7-23-8-6-20/h9,12H,1-8,10-11H2,(H,18,22)(H,19,21). The maximum Gasteiger partial charge on any atom is 0.263 e. The van der Waals surface area contributed by atoms with Gasteiger partial charge in [0.05, 0.1) is 31.5 Å². The summed E-state index contributed by atoms with van der Waals surface area (Å²) in [7, 11) is 0. The van der Waals surface area contributed by atoms with Crippen molar-refractivity contribution >= 4 is 23.2 Å². The number of hydrogen-bond donors (Lipinski definition) is 2. The number of nitrogens with zero attached hydrogens (tertiary/aromatic N) is 2. The smallest absolute Gasteiger partial charge is 0.263 e. The van der Waals surface area contributed by atoms with Gasteiger partial charge >= 0.3 is 0 Å². The number of morpholine rings is 1. The van der Waals surface area contributed by atoms with Gasteiger partial charge in [-0.15, -0.1) is 11.3 Å². The van der Waals surface area contributed by atoms with Gasteiger partial charge in [-0.1, -0.05) is 12.8 Å². The molecule has 2 amide bonds. The van der Waals surface area contributed by atoms with Crippen LogP contribution in [0.1, 0.15) is 35.4 Å². The lowest BCUT2D eigenvalue weighted by molar-refractivity contribution is -0.121. The van der Waals surface area contributed by atoms with E-state index >= 15 is 0 Å². The number of thiazole rings is 1. The monoisotopic (exact) mass is 352 g/mol. The first-order valence-corrected chi connectivity index (χ1v) is 9.34. The Morgan fingerprint density at radius 2 is 2.00 bits per heavy atom. The third-order valence-electron chi connectivity index (χ3n) is 4.90. The normalized spacial score (nSPS) is 20.7. The first-order chi connectivity index (χ1) is 11.7. The lowest BCUT2D eigenvalue weighted by Crippen LogP contribution is -2.58. The van der Waals surface area contributed by atoms with Gasteiger partial charge in [0.15, 0.2) is 0 Å². The second-order valence-corrected chi connectivity index (χ2v) is 7.24. The summed E-state index contributed by atoms with van der Waals surface area (Å²) in [6, 6.07) is 0. The molecule has 1 saturated carbocycles. The van der Waals surface area contributed by atoms with Gasteiger partial charge in [0, 0.05) is 25.2 Å². The first-order valence-electron chi connectivity index (χ1n) is 8.46. The summed E-state index contributed by atoms with van der Waals surface area (Å²) < 4.78 is 5.45. The molecule has 0 radical (unpaired) electrons. The van der Waals surface area contributed by atoms with Crippen molar-refractivity contribution in [2.24, 2.45) is 0 Å². The van der Waals surface area contributed by atoms with Gasteiger partial charge in [0.2, 0.25) is 5.91 Å². The number of amides is 2. The Balaban J connectivity index is 1.47. The predicted molar refractivity (Wildman–Crippen MR) is 91.0 cm³/mol. The molecule has 1 aromatic rings. The van der Waals surface area contributed by atoms with E-state index in [4.69, 9.17) is 4.74 Å². The molecule has 2 heterocycles. The summed E-state index contributed by atoms with van der Waals surface area (Å²) in [5.74, 6) is -0.399.